The first-order valence-corrected chi connectivity index (χ1v) is 9.71. The molecule has 1 aliphatic rings. The molecule has 1 atom stereocenters. The third kappa shape index (κ3) is 5.22. The smallest absolute Gasteiger partial charge is 0.324 e. The maximum absolute atomic E-state index is 12.3. The van der Waals surface area contributed by atoms with E-state index in [9.17, 15) is 9.90 Å². The highest BCUT2D eigenvalue weighted by molar-refractivity contribution is 6.33. The van der Waals surface area contributed by atoms with E-state index in [0.29, 0.717) is 23.1 Å². The van der Waals surface area contributed by atoms with Crippen molar-refractivity contribution in [2.24, 2.45) is 0 Å². The van der Waals surface area contributed by atoms with Crippen LogP contribution in [-0.4, -0.2) is 51.6 Å². The van der Waals surface area contributed by atoms with Gasteiger partial charge in [0.1, 0.15) is 5.82 Å². The average molecular weight is 392 g/mol. The average Bonchev–Trinajstić information content (AvgIpc) is 3.12. The van der Waals surface area contributed by atoms with Gasteiger partial charge in [-0.15, -0.1) is 0 Å². The number of piperidine rings is 1. The van der Waals surface area contributed by atoms with Crippen LogP contribution in [0.3, 0.4) is 0 Å². The highest BCUT2D eigenvalue weighted by Crippen LogP contribution is 2.26. The number of nitrogens with one attached hydrogen (secondary N) is 2. The van der Waals surface area contributed by atoms with E-state index in [2.05, 4.69) is 20.6 Å². The summed E-state index contributed by atoms with van der Waals surface area (Å²) >= 11 is 6.08. The fraction of sp³-hybridized carbons (Fsp3) is 0.474. The van der Waals surface area contributed by atoms with Gasteiger partial charge < -0.3 is 15.3 Å². The van der Waals surface area contributed by atoms with E-state index in [-0.39, 0.29) is 18.2 Å². The van der Waals surface area contributed by atoms with Crippen molar-refractivity contribution in [2.75, 3.05) is 30.3 Å². The Bertz CT molecular complexity index is 758. The number of urea groups is 1. The van der Waals surface area contributed by atoms with Gasteiger partial charge in [0.05, 0.1) is 29.1 Å². The molecule has 1 fully saturated rings. The first-order chi connectivity index (χ1) is 13.1. The largest absolute Gasteiger partial charge is 0.392 e. The number of benzene rings is 1. The maximum atomic E-state index is 12.3. The van der Waals surface area contributed by atoms with Gasteiger partial charge in [-0.1, -0.05) is 30.7 Å². The van der Waals surface area contributed by atoms with E-state index in [4.69, 9.17) is 11.6 Å². The monoisotopic (exact) mass is 391 g/mol. The van der Waals surface area contributed by atoms with Crippen molar-refractivity contribution in [2.45, 2.75) is 38.3 Å². The second-order valence-electron chi connectivity index (χ2n) is 6.81. The van der Waals surface area contributed by atoms with Crippen LogP contribution >= 0.6 is 11.6 Å². The van der Waals surface area contributed by atoms with Crippen LogP contribution in [0.25, 0.3) is 0 Å². The van der Waals surface area contributed by atoms with Gasteiger partial charge in [-0.25, -0.2) is 9.48 Å². The van der Waals surface area contributed by atoms with Gasteiger partial charge in [-0.05, 0) is 31.4 Å². The lowest BCUT2D eigenvalue weighted by Crippen LogP contribution is -2.39. The molecule has 3 N–H and O–H groups in total. The molecule has 2 heterocycles. The molecule has 0 aliphatic carbocycles. The second kappa shape index (κ2) is 9.21. The molecular formula is C19H26ClN5O2. The summed E-state index contributed by atoms with van der Waals surface area (Å²) in [5.74, 6) is 0.659. The number of rotatable bonds is 6. The van der Waals surface area contributed by atoms with Crippen LogP contribution in [0.5, 0.6) is 0 Å². The highest BCUT2D eigenvalue weighted by Gasteiger charge is 2.24. The fourth-order valence-corrected chi connectivity index (χ4v) is 3.49. The number of carbonyl (C=O) groups excluding carboxylic acids is 1. The molecule has 2 aromatic rings. The molecule has 3 rings (SSSR count). The second-order valence-corrected chi connectivity index (χ2v) is 7.22. The molecule has 2 amide bonds. The number of nitrogens with zero attached hydrogens (tertiary/aromatic N) is 3. The van der Waals surface area contributed by atoms with Crippen molar-refractivity contribution in [1.82, 2.24) is 14.7 Å². The molecular weight excluding hydrogens is 366 g/mol. The van der Waals surface area contributed by atoms with E-state index in [0.717, 1.165) is 32.4 Å². The van der Waals surface area contributed by atoms with Crippen molar-refractivity contribution in [3.05, 3.63) is 41.6 Å². The van der Waals surface area contributed by atoms with Gasteiger partial charge in [0.2, 0.25) is 0 Å². The van der Waals surface area contributed by atoms with Crippen LogP contribution in [-0.2, 0) is 0 Å². The molecule has 1 unspecified atom stereocenters. The number of hydrogen-bond acceptors (Lipinski definition) is 4. The van der Waals surface area contributed by atoms with Gasteiger partial charge in [0.25, 0.3) is 0 Å². The summed E-state index contributed by atoms with van der Waals surface area (Å²) in [6.45, 7) is 4.53. The zero-order valence-electron chi connectivity index (χ0n) is 15.4. The van der Waals surface area contributed by atoms with Gasteiger partial charge in [0.15, 0.2) is 0 Å². The summed E-state index contributed by atoms with van der Waals surface area (Å²) in [4.78, 5) is 14.6. The number of anilines is 2. The number of halogens is 1. The summed E-state index contributed by atoms with van der Waals surface area (Å²) in [7, 11) is 0. The number of aliphatic hydroxyl groups is 1. The lowest BCUT2D eigenvalue weighted by molar-refractivity contribution is 0.0869. The van der Waals surface area contributed by atoms with E-state index in [1.807, 2.05) is 23.7 Å². The Hall–Kier alpha value is -2.09. The van der Waals surface area contributed by atoms with Gasteiger partial charge in [-0.2, -0.15) is 5.10 Å². The molecule has 27 heavy (non-hydrogen) atoms. The van der Waals surface area contributed by atoms with Gasteiger partial charge in [0, 0.05) is 25.7 Å². The maximum Gasteiger partial charge on any atom is 0.324 e. The van der Waals surface area contributed by atoms with Crippen LogP contribution in [0.4, 0.5) is 16.3 Å². The molecule has 1 aromatic heterocycles. The highest BCUT2D eigenvalue weighted by atomic mass is 35.5. The third-order valence-electron chi connectivity index (χ3n) is 4.88. The van der Waals surface area contributed by atoms with E-state index in [1.165, 1.54) is 0 Å². The normalized spacial score (nSPS) is 16.9. The van der Waals surface area contributed by atoms with E-state index in [1.54, 1.807) is 24.4 Å². The lowest BCUT2D eigenvalue weighted by atomic mass is 10.0. The lowest BCUT2D eigenvalue weighted by Gasteiger charge is -2.33. The topological polar surface area (TPSA) is 82.4 Å². The third-order valence-corrected chi connectivity index (χ3v) is 5.21. The van der Waals surface area contributed by atoms with Crippen molar-refractivity contribution in [1.29, 1.82) is 0 Å². The Morgan fingerprint density at radius 2 is 2.04 bits per heavy atom. The predicted molar refractivity (Wildman–Crippen MR) is 107 cm³/mol. The standard InChI is InChI=1S/C19H26ClN5O2/c1-2-15(26)13-24-11-8-14(9-12-24)25-18(7-10-21-25)23-19(27)22-17-6-4-3-5-16(17)20/h3-7,10,14-15,26H,2,8-9,11-13H2,1H3,(H2,22,23,27). The van der Waals surface area contributed by atoms with Gasteiger partial charge >= 0.3 is 6.03 Å². The molecule has 0 saturated carbocycles. The first-order valence-electron chi connectivity index (χ1n) is 9.33. The predicted octanol–water partition coefficient (Wildman–Crippen LogP) is 3.59. The number of β-amino-alcohol motifs (C(OH)–C–C–N with tert-alkyl or cyclic N) is 1. The molecule has 1 aliphatic heterocycles. The van der Waals surface area contributed by atoms with Crippen LogP contribution < -0.4 is 10.6 Å². The van der Waals surface area contributed by atoms with Crippen molar-refractivity contribution in [3.63, 3.8) is 0 Å². The zero-order chi connectivity index (χ0) is 19.2. The Morgan fingerprint density at radius 1 is 1.30 bits per heavy atom. The van der Waals surface area contributed by atoms with Crippen LogP contribution in [0.15, 0.2) is 36.5 Å². The van der Waals surface area contributed by atoms with E-state index < -0.39 is 0 Å². The molecule has 0 radical (unpaired) electrons. The quantitative estimate of drug-likeness (QED) is 0.702. The fourth-order valence-electron chi connectivity index (χ4n) is 3.31. The number of hydrogen-bond donors (Lipinski definition) is 3. The van der Waals surface area contributed by atoms with Crippen molar-refractivity contribution < 1.29 is 9.90 Å². The van der Waals surface area contributed by atoms with Crippen LogP contribution in [0.1, 0.15) is 32.2 Å². The molecule has 7 nitrogen and oxygen atoms in total. The molecule has 0 bridgehead atoms. The molecule has 146 valence electrons. The molecule has 8 heteroatoms. The number of aliphatic hydroxyl groups excluding tert-OH is 1. The summed E-state index contributed by atoms with van der Waals surface area (Å²) in [6, 6.07) is 8.77. The molecule has 1 saturated heterocycles. The summed E-state index contributed by atoms with van der Waals surface area (Å²) in [5.41, 5.74) is 0.561. The van der Waals surface area contributed by atoms with E-state index >= 15 is 0 Å². The number of aromatic nitrogens is 2. The van der Waals surface area contributed by atoms with Crippen molar-refractivity contribution >= 4 is 29.1 Å². The first kappa shape index (κ1) is 19.7. The minimum Gasteiger partial charge on any atom is -0.392 e. The summed E-state index contributed by atoms with van der Waals surface area (Å²) in [6.07, 6.45) is 4.06. The number of likely N-dealkylation sites (tertiary alicyclic amines) is 1. The van der Waals surface area contributed by atoms with Crippen LogP contribution in [0.2, 0.25) is 5.02 Å². The SMILES string of the molecule is CCC(O)CN1CCC(n2nccc2NC(=O)Nc2ccccc2Cl)CC1. The minimum absolute atomic E-state index is 0.227. The zero-order valence-corrected chi connectivity index (χ0v) is 16.2. The van der Waals surface area contributed by atoms with Gasteiger partial charge in [-0.3, -0.25) is 5.32 Å². The summed E-state index contributed by atoms with van der Waals surface area (Å²) in [5, 5.41) is 20.3. The number of carbonyl (C=O) groups is 1. The number of para-hydroxylation sites is 1. The Morgan fingerprint density at radius 3 is 2.74 bits per heavy atom. The Labute approximate surface area is 164 Å². The van der Waals surface area contributed by atoms with Crippen LogP contribution in [0, 0.1) is 0 Å². The summed E-state index contributed by atoms with van der Waals surface area (Å²) < 4.78 is 1.87. The Balaban J connectivity index is 1.57. The minimum atomic E-state index is -0.353. The molecule has 0 spiro atoms. The Kier molecular flexibility index (Phi) is 6.71. The molecule has 1 aromatic carbocycles. The number of amides is 2. The van der Waals surface area contributed by atoms with Crippen molar-refractivity contribution in [3.8, 4) is 0 Å².